The maximum absolute atomic E-state index is 12.4. The molecule has 4 nitrogen and oxygen atoms in total. The summed E-state index contributed by atoms with van der Waals surface area (Å²) in [5.41, 5.74) is 3.28. The van der Waals surface area contributed by atoms with Gasteiger partial charge in [0.25, 0.3) is 5.91 Å². The highest BCUT2D eigenvalue weighted by atomic mass is 35.5. The van der Waals surface area contributed by atoms with Crippen LogP contribution >= 0.6 is 23.8 Å². The lowest BCUT2D eigenvalue weighted by molar-refractivity contribution is 0.0977. The van der Waals surface area contributed by atoms with Gasteiger partial charge in [-0.15, -0.1) is 0 Å². The van der Waals surface area contributed by atoms with E-state index in [-0.39, 0.29) is 11.0 Å². The molecule has 3 rings (SSSR count). The molecule has 0 unspecified atom stereocenters. The van der Waals surface area contributed by atoms with Crippen LogP contribution in [0.25, 0.3) is 0 Å². The van der Waals surface area contributed by atoms with Gasteiger partial charge in [0.05, 0.1) is 16.4 Å². The van der Waals surface area contributed by atoms with Gasteiger partial charge in [0, 0.05) is 18.7 Å². The Kier molecular flexibility index (Phi) is 6.12. The summed E-state index contributed by atoms with van der Waals surface area (Å²) >= 11 is 11.8. The summed E-state index contributed by atoms with van der Waals surface area (Å²) in [5.74, 6) is -0.220. The first-order valence-corrected chi connectivity index (χ1v) is 9.56. The number of carbonyl (C=O) groups excluding carboxylic acids is 1. The minimum absolute atomic E-state index is 0.220. The van der Waals surface area contributed by atoms with Crippen molar-refractivity contribution in [2.45, 2.75) is 26.2 Å². The minimum Gasteiger partial charge on any atom is -0.369 e. The summed E-state index contributed by atoms with van der Waals surface area (Å²) in [5, 5.41) is 6.84. The Balaban J connectivity index is 1.74. The van der Waals surface area contributed by atoms with Crippen LogP contribution in [0.5, 0.6) is 0 Å². The molecule has 1 aliphatic rings. The Morgan fingerprint density at radius 2 is 1.81 bits per heavy atom. The maximum atomic E-state index is 12.4. The van der Waals surface area contributed by atoms with Crippen molar-refractivity contribution in [3.05, 3.63) is 58.6 Å². The van der Waals surface area contributed by atoms with Gasteiger partial charge < -0.3 is 10.2 Å². The first kappa shape index (κ1) is 18.7. The topological polar surface area (TPSA) is 44.4 Å². The molecule has 6 heteroatoms. The fourth-order valence-corrected chi connectivity index (χ4v) is 3.70. The molecule has 0 bridgehead atoms. The van der Waals surface area contributed by atoms with Crippen LogP contribution in [0.4, 0.5) is 11.4 Å². The van der Waals surface area contributed by atoms with Gasteiger partial charge in [-0.2, -0.15) is 0 Å². The lowest BCUT2D eigenvalue weighted by Gasteiger charge is -2.31. The van der Waals surface area contributed by atoms with Crippen molar-refractivity contribution < 1.29 is 4.79 Å². The highest BCUT2D eigenvalue weighted by Gasteiger charge is 2.18. The molecule has 1 fully saturated rings. The summed E-state index contributed by atoms with van der Waals surface area (Å²) in [6.45, 7) is 3.85. The smallest absolute Gasteiger partial charge is 0.257 e. The van der Waals surface area contributed by atoms with Gasteiger partial charge in [0.1, 0.15) is 0 Å². The van der Waals surface area contributed by atoms with Gasteiger partial charge in [-0.3, -0.25) is 10.1 Å². The highest BCUT2D eigenvalue weighted by Crippen LogP contribution is 2.35. The zero-order valence-electron chi connectivity index (χ0n) is 14.7. The molecule has 1 heterocycles. The van der Waals surface area contributed by atoms with Crippen LogP contribution in [-0.4, -0.2) is 24.1 Å². The monoisotopic (exact) mass is 387 g/mol. The standard InChI is InChI=1S/C20H22ClN3OS/c1-14-8-3-4-9-15(14)19(25)23-20(26)22-17-11-7-10-16(21)18(17)24-12-5-2-6-13-24/h3-4,7-11H,2,5-6,12-13H2,1H3,(H2,22,23,25,26). The number of aryl methyl sites for hydroxylation is 1. The van der Waals surface area contributed by atoms with Crippen molar-refractivity contribution in [2.24, 2.45) is 0 Å². The number of para-hydroxylation sites is 1. The summed E-state index contributed by atoms with van der Waals surface area (Å²) in [7, 11) is 0. The van der Waals surface area contributed by atoms with E-state index < -0.39 is 0 Å². The zero-order chi connectivity index (χ0) is 18.5. The third-order valence-electron chi connectivity index (χ3n) is 4.52. The van der Waals surface area contributed by atoms with Crippen molar-refractivity contribution in [1.82, 2.24) is 5.32 Å². The molecule has 0 spiro atoms. The Hall–Kier alpha value is -2.11. The van der Waals surface area contributed by atoms with Crippen molar-refractivity contribution in [3.8, 4) is 0 Å². The average molecular weight is 388 g/mol. The Morgan fingerprint density at radius 1 is 1.08 bits per heavy atom. The molecule has 0 saturated carbocycles. The molecule has 2 N–H and O–H groups in total. The van der Waals surface area contributed by atoms with Gasteiger partial charge in [-0.05, 0) is 62.2 Å². The number of benzene rings is 2. The van der Waals surface area contributed by atoms with Crippen LogP contribution in [0, 0.1) is 6.92 Å². The number of nitrogens with zero attached hydrogens (tertiary/aromatic N) is 1. The summed E-state index contributed by atoms with van der Waals surface area (Å²) in [6, 6.07) is 13.1. The molecule has 0 aromatic heterocycles. The third kappa shape index (κ3) is 4.34. The van der Waals surface area contributed by atoms with E-state index >= 15 is 0 Å². The molecular formula is C20H22ClN3OS. The molecule has 136 valence electrons. The Labute approximate surface area is 164 Å². The van der Waals surface area contributed by atoms with Crippen LogP contribution in [-0.2, 0) is 0 Å². The lowest BCUT2D eigenvalue weighted by Crippen LogP contribution is -2.36. The average Bonchev–Trinajstić information content (AvgIpc) is 2.62. The number of amides is 1. The van der Waals surface area contributed by atoms with Crippen LogP contribution in [0.15, 0.2) is 42.5 Å². The second kappa shape index (κ2) is 8.52. The number of rotatable bonds is 3. The quantitative estimate of drug-likeness (QED) is 0.745. The second-order valence-corrected chi connectivity index (χ2v) is 7.22. The number of thiocarbonyl (C=S) groups is 1. The summed E-state index contributed by atoms with van der Waals surface area (Å²) < 4.78 is 0. The molecule has 1 aliphatic heterocycles. The largest absolute Gasteiger partial charge is 0.369 e. The summed E-state index contributed by atoms with van der Waals surface area (Å²) in [6.07, 6.45) is 3.55. The van der Waals surface area contributed by atoms with Gasteiger partial charge in [0.2, 0.25) is 0 Å². The maximum Gasteiger partial charge on any atom is 0.257 e. The number of nitrogens with one attached hydrogen (secondary N) is 2. The van der Waals surface area contributed by atoms with E-state index in [1.54, 1.807) is 6.07 Å². The lowest BCUT2D eigenvalue weighted by atomic mass is 10.1. The highest BCUT2D eigenvalue weighted by molar-refractivity contribution is 7.80. The van der Waals surface area contributed by atoms with Crippen molar-refractivity contribution in [3.63, 3.8) is 0 Å². The van der Waals surface area contributed by atoms with E-state index in [0.29, 0.717) is 10.6 Å². The Bertz CT molecular complexity index is 818. The fraction of sp³-hybridized carbons (Fsp3) is 0.300. The third-order valence-corrected chi connectivity index (χ3v) is 5.03. The molecule has 26 heavy (non-hydrogen) atoms. The first-order chi connectivity index (χ1) is 12.6. The first-order valence-electron chi connectivity index (χ1n) is 8.77. The van der Waals surface area contributed by atoms with Gasteiger partial charge in [0.15, 0.2) is 5.11 Å². The van der Waals surface area contributed by atoms with Gasteiger partial charge >= 0.3 is 0 Å². The molecule has 0 atom stereocenters. The second-order valence-electron chi connectivity index (χ2n) is 6.41. The van der Waals surface area contributed by atoms with E-state index in [4.69, 9.17) is 23.8 Å². The number of carbonyl (C=O) groups is 1. The van der Waals surface area contributed by atoms with E-state index in [0.717, 1.165) is 42.9 Å². The number of anilines is 2. The zero-order valence-corrected chi connectivity index (χ0v) is 16.3. The molecule has 2 aromatic rings. The van der Waals surface area contributed by atoms with Crippen molar-refractivity contribution >= 4 is 46.2 Å². The number of halogens is 1. The molecule has 2 aromatic carbocycles. The van der Waals surface area contributed by atoms with Crippen LogP contribution < -0.4 is 15.5 Å². The molecule has 1 saturated heterocycles. The predicted octanol–water partition coefficient (Wildman–Crippen LogP) is 4.77. The molecular weight excluding hydrogens is 366 g/mol. The van der Waals surface area contributed by atoms with Crippen LogP contribution in [0.2, 0.25) is 5.02 Å². The number of piperidine rings is 1. The summed E-state index contributed by atoms with van der Waals surface area (Å²) in [4.78, 5) is 14.7. The van der Waals surface area contributed by atoms with E-state index in [1.165, 1.54) is 6.42 Å². The van der Waals surface area contributed by atoms with Crippen LogP contribution in [0.1, 0.15) is 35.2 Å². The van der Waals surface area contributed by atoms with E-state index in [2.05, 4.69) is 15.5 Å². The van der Waals surface area contributed by atoms with Crippen molar-refractivity contribution in [2.75, 3.05) is 23.3 Å². The van der Waals surface area contributed by atoms with Gasteiger partial charge in [-0.25, -0.2) is 0 Å². The van der Waals surface area contributed by atoms with Gasteiger partial charge in [-0.1, -0.05) is 35.9 Å². The van der Waals surface area contributed by atoms with Crippen molar-refractivity contribution in [1.29, 1.82) is 0 Å². The minimum atomic E-state index is -0.220. The molecule has 0 aliphatic carbocycles. The normalized spacial score (nSPS) is 14.0. The van der Waals surface area contributed by atoms with E-state index in [9.17, 15) is 4.79 Å². The predicted molar refractivity (Wildman–Crippen MR) is 112 cm³/mol. The Morgan fingerprint density at radius 3 is 2.54 bits per heavy atom. The number of hydrogen-bond donors (Lipinski definition) is 2. The SMILES string of the molecule is Cc1ccccc1C(=O)NC(=S)Nc1cccc(Cl)c1N1CCCCC1. The van der Waals surface area contributed by atoms with Crippen LogP contribution in [0.3, 0.4) is 0 Å². The number of hydrogen-bond acceptors (Lipinski definition) is 3. The molecule has 0 radical (unpaired) electrons. The molecule has 1 amide bonds. The fourth-order valence-electron chi connectivity index (χ4n) is 3.21. The van der Waals surface area contributed by atoms with E-state index in [1.807, 2.05) is 43.3 Å².